The molecular formula is C20H19N3O4S. The molecule has 7 nitrogen and oxygen atoms in total. The second-order valence-electron chi connectivity index (χ2n) is 6.23. The van der Waals surface area contributed by atoms with E-state index in [0.29, 0.717) is 17.7 Å². The maximum atomic E-state index is 12.1. The summed E-state index contributed by atoms with van der Waals surface area (Å²) in [6, 6.07) is 8.96. The lowest BCUT2D eigenvalue weighted by atomic mass is 10.1. The molecule has 1 aromatic carbocycles. The van der Waals surface area contributed by atoms with Crippen molar-refractivity contribution in [3.05, 3.63) is 58.4 Å². The fourth-order valence-corrected chi connectivity index (χ4v) is 3.26. The molecular weight excluding hydrogens is 378 g/mol. The second kappa shape index (κ2) is 7.77. The number of benzene rings is 1. The summed E-state index contributed by atoms with van der Waals surface area (Å²) in [6.45, 7) is 5.84. The summed E-state index contributed by atoms with van der Waals surface area (Å²) in [4.78, 5) is 36.2. The van der Waals surface area contributed by atoms with Crippen molar-refractivity contribution < 1.29 is 19.1 Å². The molecule has 1 aromatic heterocycles. The summed E-state index contributed by atoms with van der Waals surface area (Å²) in [5.41, 5.74) is 3.63. The van der Waals surface area contributed by atoms with Crippen LogP contribution in [0.2, 0.25) is 0 Å². The Morgan fingerprint density at radius 1 is 1.18 bits per heavy atom. The third-order valence-corrected chi connectivity index (χ3v) is 4.53. The minimum absolute atomic E-state index is 0.00611. The van der Waals surface area contributed by atoms with Gasteiger partial charge in [0.1, 0.15) is 5.57 Å². The number of carbonyl (C=O) groups is 3. The number of nitrogens with one attached hydrogen (secondary N) is 2. The van der Waals surface area contributed by atoms with Gasteiger partial charge in [0.05, 0.1) is 12.2 Å². The van der Waals surface area contributed by atoms with Gasteiger partial charge in [-0.1, -0.05) is 6.07 Å². The van der Waals surface area contributed by atoms with Crippen molar-refractivity contribution in [2.24, 2.45) is 0 Å². The molecule has 2 N–H and O–H groups in total. The number of ether oxygens (including phenoxy) is 1. The summed E-state index contributed by atoms with van der Waals surface area (Å²) in [5.74, 6) is -1.47. The highest BCUT2D eigenvalue weighted by molar-refractivity contribution is 7.80. The van der Waals surface area contributed by atoms with Crippen LogP contribution >= 0.6 is 12.2 Å². The number of rotatable bonds is 4. The SMILES string of the molecule is CCOC(=O)c1cccc(-n2c(C)cc(C=C3C(=O)NC(=S)NC3=O)c2C)c1. The van der Waals surface area contributed by atoms with Crippen LogP contribution in [0.15, 0.2) is 35.9 Å². The average molecular weight is 397 g/mol. The van der Waals surface area contributed by atoms with Crippen molar-refractivity contribution in [1.29, 1.82) is 0 Å². The fraction of sp³-hybridized carbons (Fsp3) is 0.200. The van der Waals surface area contributed by atoms with E-state index in [9.17, 15) is 14.4 Å². The second-order valence-corrected chi connectivity index (χ2v) is 6.64. The Morgan fingerprint density at radius 3 is 2.50 bits per heavy atom. The standard InChI is InChI=1S/C20H19N3O4S/c1-4-27-19(26)13-6-5-7-15(9-13)23-11(2)8-14(12(23)3)10-16-17(24)21-20(28)22-18(16)25/h5-10H,4H2,1-3H3,(H2,21,22,24,25,28). The monoisotopic (exact) mass is 397 g/mol. The van der Waals surface area contributed by atoms with Crippen molar-refractivity contribution in [3.8, 4) is 5.69 Å². The van der Waals surface area contributed by atoms with E-state index in [1.165, 1.54) is 6.08 Å². The van der Waals surface area contributed by atoms with Crippen molar-refractivity contribution in [1.82, 2.24) is 15.2 Å². The molecule has 0 spiro atoms. The van der Waals surface area contributed by atoms with Crippen molar-refractivity contribution in [2.75, 3.05) is 6.61 Å². The lowest BCUT2D eigenvalue weighted by molar-refractivity contribution is -0.123. The summed E-state index contributed by atoms with van der Waals surface area (Å²) < 4.78 is 7.00. The first-order valence-electron chi connectivity index (χ1n) is 8.66. The topological polar surface area (TPSA) is 89.4 Å². The van der Waals surface area contributed by atoms with Crippen LogP contribution in [0.25, 0.3) is 11.8 Å². The highest BCUT2D eigenvalue weighted by Gasteiger charge is 2.26. The number of thiocarbonyl (C=S) groups is 1. The highest BCUT2D eigenvalue weighted by atomic mass is 32.1. The van der Waals surface area contributed by atoms with Crippen LogP contribution in [0.3, 0.4) is 0 Å². The molecule has 28 heavy (non-hydrogen) atoms. The zero-order chi connectivity index (χ0) is 20.4. The zero-order valence-corrected chi connectivity index (χ0v) is 16.5. The Balaban J connectivity index is 2.02. The molecule has 0 bridgehead atoms. The van der Waals surface area contributed by atoms with Crippen LogP contribution in [0.5, 0.6) is 0 Å². The van der Waals surface area contributed by atoms with Crippen LogP contribution < -0.4 is 10.6 Å². The molecule has 3 rings (SSSR count). The summed E-state index contributed by atoms with van der Waals surface area (Å²) in [6.07, 6.45) is 1.53. The predicted molar refractivity (Wildman–Crippen MR) is 108 cm³/mol. The quantitative estimate of drug-likeness (QED) is 0.357. The lowest BCUT2D eigenvalue weighted by Crippen LogP contribution is -2.51. The number of hydrogen-bond acceptors (Lipinski definition) is 5. The molecule has 0 radical (unpaired) electrons. The largest absolute Gasteiger partial charge is 0.462 e. The van der Waals surface area contributed by atoms with Gasteiger partial charge in [-0.3, -0.25) is 20.2 Å². The van der Waals surface area contributed by atoms with Crippen molar-refractivity contribution in [2.45, 2.75) is 20.8 Å². The van der Waals surface area contributed by atoms with E-state index in [1.807, 2.05) is 30.5 Å². The van der Waals surface area contributed by atoms with Gasteiger partial charge in [0.15, 0.2) is 5.11 Å². The first-order chi connectivity index (χ1) is 13.3. The van der Waals surface area contributed by atoms with Gasteiger partial charge in [-0.2, -0.15) is 0 Å². The van der Waals surface area contributed by atoms with E-state index < -0.39 is 11.8 Å². The normalized spacial score (nSPS) is 13.8. The first-order valence-corrected chi connectivity index (χ1v) is 9.07. The molecule has 1 saturated heterocycles. The predicted octanol–water partition coefficient (Wildman–Crippen LogP) is 2.19. The van der Waals surface area contributed by atoms with Gasteiger partial charge < -0.3 is 9.30 Å². The van der Waals surface area contributed by atoms with Crippen molar-refractivity contribution >= 4 is 41.2 Å². The Labute approximate surface area is 167 Å². The van der Waals surface area contributed by atoms with E-state index >= 15 is 0 Å². The Hall–Kier alpha value is -3.26. The lowest BCUT2D eigenvalue weighted by Gasteiger charge is -2.16. The molecule has 2 amide bonds. The van der Waals surface area contributed by atoms with E-state index in [1.54, 1.807) is 25.1 Å². The summed E-state index contributed by atoms with van der Waals surface area (Å²) in [5, 5.41) is 4.83. The number of aromatic nitrogens is 1. The van der Waals surface area contributed by atoms with Gasteiger partial charge in [0.25, 0.3) is 11.8 Å². The zero-order valence-electron chi connectivity index (χ0n) is 15.7. The summed E-state index contributed by atoms with van der Waals surface area (Å²) >= 11 is 4.81. The van der Waals surface area contributed by atoms with Crippen LogP contribution in [-0.4, -0.2) is 34.1 Å². The molecule has 2 heterocycles. The van der Waals surface area contributed by atoms with E-state index in [2.05, 4.69) is 10.6 Å². The fourth-order valence-electron chi connectivity index (χ4n) is 3.08. The molecule has 8 heteroatoms. The van der Waals surface area contributed by atoms with Crippen LogP contribution in [0, 0.1) is 13.8 Å². The smallest absolute Gasteiger partial charge is 0.338 e. The van der Waals surface area contributed by atoms with E-state index in [4.69, 9.17) is 17.0 Å². The number of hydrogen-bond donors (Lipinski definition) is 2. The molecule has 0 saturated carbocycles. The van der Waals surface area contributed by atoms with Gasteiger partial charge in [0, 0.05) is 17.1 Å². The van der Waals surface area contributed by atoms with Gasteiger partial charge in [-0.05, 0) is 68.9 Å². The molecule has 0 unspecified atom stereocenters. The van der Waals surface area contributed by atoms with Gasteiger partial charge >= 0.3 is 5.97 Å². The maximum absolute atomic E-state index is 12.1. The van der Waals surface area contributed by atoms with E-state index in [-0.39, 0.29) is 16.7 Å². The van der Waals surface area contributed by atoms with Gasteiger partial charge in [0.2, 0.25) is 0 Å². The Morgan fingerprint density at radius 2 is 1.86 bits per heavy atom. The first kappa shape index (κ1) is 19.5. The van der Waals surface area contributed by atoms with Crippen LogP contribution in [0.1, 0.15) is 34.2 Å². The van der Waals surface area contributed by atoms with Crippen LogP contribution in [-0.2, 0) is 14.3 Å². The minimum atomic E-state index is -0.539. The molecule has 0 aliphatic carbocycles. The van der Waals surface area contributed by atoms with Gasteiger partial charge in [-0.25, -0.2) is 4.79 Å². The molecule has 2 aromatic rings. The molecule has 0 atom stereocenters. The third kappa shape index (κ3) is 3.72. The highest BCUT2D eigenvalue weighted by Crippen LogP contribution is 2.24. The Kier molecular flexibility index (Phi) is 5.41. The number of amides is 2. The number of carbonyl (C=O) groups excluding carboxylic acids is 3. The van der Waals surface area contributed by atoms with E-state index in [0.717, 1.165) is 17.1 Å². The minimum Gasteiger partial charge on any atom is -0.462 e. The average Bonchev–Trinajstić information content (AvgIpc) is 2.92. The van der Waals surface area contributed by atoms with Crippen LogP contribution in [0.4, 0.5) is 0 Å². The van der Waals surface area contributed by atoms with Gasteiger partial charge in [-0.15, -0.1) is 0 Å². The van der Waals surface area contributed by atoms with Crippen molar-refractivity contribution in [3.63, 3.8) is 0 Å². The molecule has 1 aliphatic heterocycles. The number of esters is 1. The number of nitrogens with zero attached hydrogens (tertiary/aromatic N) is 1. The summed E-state index contributed by atoms with van der Waals surface area (Å²) in [7, 11) is 0. The molecule has 1 fully saturated rings. The molecule has 1 aliphatic rings. The third-order valence-electron chi connectivity index (χ3n) is 4.33. The maximum Gasteiger partial charge on any atom is 0.338 e. The molecule has 144 valence electrons. The number of aryl methyl sites for hydroxylation is 1. The Bertz CT molecular complexity index is 1010.